The van der Waals surface area contributed by atoms with E-state index in [9.17, 15) is 18.4 Å². The molecule has 0 spiro atoms. The van der Waals surface area contributed by atoms with Crippen molar-refractivity contribution in [3.63, 3.8) is 0 Å². The Labute approximate surface area is 169 Å². The molecule has 0 aromatic heterocycles. The maximum absolute atomic E-state index is 14.1. The Morgan fingerprint density at radius 1 is 1.07 bits per heavy atom. The summed E-state index contributed by atoms with van der Waals surface area (Å²) in [6, 6.07) is 10.9. The number of benzene rings is 2. The molecule has 5 nitrogen and oxygen atoms in total. The summed E-state index contributed by atoms with van der Waals surface area (Å²) in [6.07, 6.45) is 1.74. The van der Waals surface area contributed by atoms with Crippen molar-refractivity contribution in [2.24, 2.45) is 0 Å². The lowest BCUT2D eigenvalue weighted by atomic mass is 10.1. The SMILES string of the molecule is CCCCNC(=O)[C@@H](C)N(Cc1ccccc1F)C(=O)COc1ccccc1F. The van der Waals surface area contributed by atoms with Gasteiger partial charge in [0.25, 0.3) is 5.91 Å². The number of unbranched alkanes of at least 4 members (excludes halogenated alkanes) is 1. The molecule has 7 heteroatoms. The van der Waals surface area contributed by atoms with Crippen LogP contribution in [0.15, 0.2) is 48.5 Å². The molecule has 0 radical (unpaired) electrons. The van der Waals surface area contributed by atoms with Gasteiger partial charge in [-0.2, -0.15) is 0 Å². The zero-order valence-electron chi connectivity index (χ0n) is 16.7. The van der Waals surface area contributed by atoms with Gasteiger partial charge in [0, 0.05) is 18.7 Å². The minimum absolute atomic E-state index is 0.0632. The van der Waals surface area contributed by atoms with Gasteiger partial charge in [0.05, 0.1) is 0 Å². The number of nitrogens with one attached hydrogen (secondary N) is 1. The zero-order valence-corrected chi connectivity index (χ0v) is 16.7. The van der Waals surface area contributed by atoms with Crippen LogP contribution in [0.3, 0.4) is 0 Å². The minimum Gasteiger partial charge on any atom is -0.481 e. The first kappa shape index (κ1) is 22.3. The molecule has 1 atom stereocenters. The largest absolute Gasteiger partial charge is 0.481 e. The van der Waals surface area contributed by atoms with Crippen LogP contribution < -0.4 is 10.1 Å². The molecule has 2 aromatic carbocycles. The summed E-state index contributed by atoms with van der Waals surface area (Å²) < 4.78 is 33.1. The van der Waals surface area contributed by atoms with Crippen LogP contribution in [-0.4, -0.2) is 35.9 Å². The molecule has 0 bridgehead atoms. The molecule has 0 aliphatic heterocycles. The molecular formula is C22H26F2N2O3. The molecule has 156 valence electrons. The van der Waals surface area contributed by atoms with E-state index < -0.39 is 30.2 Å². The van der Waals surface area contributed by atoms with Crippen molar-refractivity contribution >= 4 is 11.8 Å². The van der Waals surface area contributed by atoms with Gasteiger partial charge in [0.15, 0.2) is 18.2 Å². The fraction of sp³-hybridized carbons (Fsp3) is 0.364. The Morgan fingerprint density at radius 2 is 1.72 bits per heavy atom. The molecule has 1 N–H and O–H groups in total. The van der Waals surface area contributed by atoms with Crippen molar-refractivity contribution in [3.05, 3.63) is 65.7 Å². The maximum atomic E-state index is 14.1. The molecule has 0 aliphatic rings. The first-order valence-corrected chi connectivity index (χ1v) is 9.62. The van der Waals surface area contributed by atoms with Gasteiger partial charge in [-0.25, -0.2) is 8.78 Å². The van der Waals surface area contributed by atoms with E-state index in [1.165, 1.54) is 29.2 Å². The number of hydrogen-bond donors (Lipinski definition) is 1. The van der Waals surface area contributed by atoms with E-state index in [2.05, 4.69) is 5.32 Å². The third-order valence-electron chi connectivity index (χ3n) is 4.48. The highest BCUT2D eigenvalue weighted by molar-refractivity contribution is 5.87. The molecule has 0 heterocycles. The summed E-state index contributed by atoms with van der Waals surface area (Å²) in [5.41, 5.74) is 0.278. The summed E-state index contributed by atoms with van der Waals surface area (Å²) in [5.74, 6) is -2.01. The van der Waals surface area contributed by atoms with E-state index >= 15 is 0 Å². The van der Waals surface area contributed by atoms with Gasteiger partial charge in [0.1, 0.15) is 11.9 Å². The monoisotopic (exact) mass is 404 g/mol. The predicted molar refractivity (Wildman–Crippen MR) is 106 cm³/mol. The lowest BCUT2D eigenvalue weighted by molar-refractivity contribution is -0.142. The van der Waals surface area contributed by atoms with Crippen molar-refractivity contribution in [2.75, 3.05) is 13.2 Å². The fourth-order valence-electron chi connectivity index (χ4n) is 2.71. The number of ether oxygens (including phenoxy) is 1. The second-order valence-electron chi connectivity index (χ2n) is 6.65. The minimum atomic E-state index is -0.844. The van der Waals surface area contributed by atoms with E-state index in [1.807, 2.05) is 6.92 Å². The number of para-hydroxylation sites is 1. The summed E-state index contributed by atoms with van der Waals surface area (Å²) >= 11 is 0. The standard InChI is InChI=1S/C22H26F2N2O3/c1-3-4-13-25-22(28)16(2)26(14-17-9-5-6-10-18(17)23)21(27)15-29-20-12-8-7-11-19(20)24/h5-12,16H,3-4,13-15H2,1-2H3,(H,25,28)/t16-/m1/s1. The maximum Gasteiger partial charge on any atom is 0.261 e. The first-order valence-electron chi connectivity index (χ1n) is 9.62. The second kappa shape index (κ2) is 11.1. The van der Waals surface area contributed by atoms with Crippen LogP contribution in [0.1, 0.15) is 32.3 Å². The third kappa shape index (κ3) is 6.55. The molecule has 0 aliphatic carbocycles. The van der Waals surface area contributed by atoms with Crippen LogP contribution in [0.5, 0.6) is 5.75 Å². The van der Waals surface area contributed by atoms with Gasteiger partial charge in [-0.05, 0) is 31.5 Å². The Morgan fingerprint density at radius 3 is 2.38 bits per heavy atom. The van der Waals surface area contributed by atoms with Crippen LogP contribution >= 0.6 is 0 Å². The third-order valence-corrected chi connectivity index (χ3v) is 4.48. The van der Waals surface area contributed by atoms with Gasteiger partial charge in [-0.3, -0.25) is 9.59 Å². The van der Waals surface area contributed by atoms with Crippen LogP contribution in [0.2, 0.25) is 0 Å². The van der Waals surface area contributed by atoms with Crippen molar-refractivity contribution < 1.29 is 23.1 Å². The molecular weight excluding hydrogens is 378 g/mol. The van der Waals surface area contributed by atoms with E-state index in [1.54, 1.807) is 31.2 Å². The van der Waals surface area contributed by atoms with Crippen molar-refractivity contribution in [3.8, 4) is 5.75 Å². The Kier molecular flexibility index (Phi) is 8.58. The van der Waals surface area contributed by atoms with E-state index in [-0.39, 0.29) is 23.8 Å². The lowest BCUT2D eigenvalue weighted by Gasteiger charge is -2.29. The van der Waals surface area contributed by atoms with Gasteiger partial charge < -0.3 is 15.0 Å². The highest BCUT2D eigenvalue weighted by Crippen LogP contribution is 2.17. The van der Waals surface area contributed by atoms with Gasteiger partial charge in [0.2, 0.25) is 5.91 Å². The smallest absolute Gasteiger partial charge is 0.261 e. The van der Waals surface area contributed by atoms with Crippen LogP contribution in [-0.2, 0) is 16.1 Å². The predicted octanol–water partition coefficient (Wildman–Crippen LogP) is 3.68. The number of carbonyl (C=O) groups is 2. The first-order chi connectivity index (χ1) is 13.9. The number of halogens is 2. The molecule has 2 aromatic rings. The second-order valence-corrected chi connectivity index (χ2v) is 6.65. The van der Waals surface area contributed by atoms with Crippen molar-refractivity contribution in [1.82, 2.24) is 10.2 Å². The summed E-state index contributed by atoms with van der Waals surface area (Å²) in [5, 5.41) is 2.77. The molecule has 0 saturated carbocycles. The molecule has 0 fully saturated rings. The fourth-order valence-corrected chi connectivity index (χ4v) is 2.71. The van der Waals surface area contributed by atoms with Gasteiger partial charge in [-0.15, -0.1) is 0 Å². The van der Waals surface area contributed by atoms with Crippen LogP contribution in [0.25, 0.3) is 0 Å². The Hall–Kier alpha value is -2.96. The highest BCUT2D eigenvalue weighted by Gasteiger charge is 2.27. The summed E-state index contributed by atoms with van der Waals surface area (Å²) in [7, 11) is 0. The average Bonchev–Trinajstić information content (AvgIpc) is 2.72. The lowest BCUT2D eigenvalue weighted by Crippen LogP contribution is -2.49. The number of amides is 2. The summed E-state index contributed by atoms with van der Waals surface area (Å²) in [4.78, 5) is 26.5. The molecule has 2 rings (SSSR count). The molecule has 2 amide bonds. The Bertz CT molecular complexity index is 829. The van der Waals surface area contributed by atoms with Crippen LogP contribution in [0, 0.1) is 11.6 Å². The number of rotatable bonds is 10. The quantitative estimate of drug-likeness (QED) is 0.615. The van der Waals surface area contributed by atoms with E-state index in [4.69, 9.17) is 4.74 Å². The number of carbonyl (C=O) groups excluding carboxylic acids is 2. The average molecular weight is 404 g/mol. The molecule has 0 saturated heterocycles. The number of hydrogen-bond acceptors (Lipinski definition) is 3. The Balaban J connectivity index is 2.14. The van der Waals surface area contributed by atoms with E-state index in [0.29, 0.717) is 6.54 Å². The van der Waals surface area contributed by atoms with Gasteiger partial charge >= 0.3 is 0 Å². The van der Waals surface area contributed by atoms with E-state index in [0.717, 1.165) is 12.8 Å². The zero-order chi connectivity index (χ0) is 21.2. The molecule has 0 unspecified atom stereocenters. The normalized spacial score (nSPS) is 11.6. The van der Waals surface area contributed by atoms with Crippen molar-refractivity contribution in [2.45, 2.75) is 39.3 Å². The van der Waals surface area contributed by atoms with Gasteiger partial charge in [-0.1, -0.05) is 43.7 Å². The topological polar surface area (TPSA) is 58.6 Å². The van der Waals surface area contributed by atoms with Crippen molar-refractivity contribution in [1.29, 1.82) is 0 Å². The van der Waals surface area contributed by atoms with Crippen LogP contribution in [0.4, 0.5) is 8.78 Å². The molecule has 29 heavy (non-hydrogen) atoms. The highest BCUT2D eigenvalue weighted by atomic mass is 19.1. The summed E-state index contributed by atoms with van der Waals surface area (Å²) in [6.45, 7) is 3.50. The number of nitrogens with zero attached hydrogens (tertiary/aromatic N) is 1.